The maximum absolute atomic E-state index is 11.1. The zero-order valence-electron chi connectivity index (χ0n) is 9.42. The fourth-order valence-electron chi connectivity index (χ4n) is 1.34. The molecule has 1 aromatic heterocycles. The zero-order valence-corrected chi connectivity index (χ0v) is 9.42. The van der Waals surface area contributed by atoms with Crippen molar-refractivity contribution in [3.8, 4) is 0 Å². The number of aromatic nitrogens is 1. The summed E-state index contributed by atoms with van der Waals surface area (Å²) in [4.78, 5) is 16.2. The second kappa shape index (κ2) is 5.46. The van der Waals surface area contributed by atoms with Gasteiger partial charge in [-0.25, -0.2) is 9.78 Å². The van der Waals surface area contributed by atoms with E-state index in [1.54, 1.807) is 12.1 Å². The van der Waals surface area contributed by atoms with E-state index < -0.39 is 6.09 Å². The van der Waals surface area contributed by atoms with Crippen molar-refractivity contribution >= 4 is 11.9 Å². The van der Waals surface area contributed by atoms with Crippen LogP contribution in [0.4, 0.5) is 10.6 Å². The van der Waals surface area contributed by atoms with Crippen LogP contribution in [0.5, 0.6) is 0 Å². The van der Waals surface area contributed by atoms with E-state index in [1.807, 2.05) is 13.8 Å². The molecule has 0 aromatic carbocycles. The van der Waals surface area contributed by atoms with Gasteiger partial charge in [0.05, 0.1) is 6.61 Å². The van der Waals surface area contributed by atoms with Crippen LogP contribution in [0.2, 0.25) is 0 Å². The van der Waals surface area contributed by atoms with Gasteiger partial charge in [0, 0.05) is 12.7 Å². The number of anilines is 1. The number of aliphatic hydroxyl groups is 1. The van der Waals surface area contributed by atoms with Crippen molar-refractivity contribution in [1.82, 2.24) is 4.98 Å². The minimum atomic E-state index is -1.03. The second-order valence-corrected chi connectivity index (χ2v) is 3.97. The highest BCUT2D eigenvalue weighted by Gasteiger charge is 2.16. The molecule has 16 heavy (non-hydrogen) atoms. The minimum Gasteiger partial charge on any atom is -0.465 e. The molecule has 0 spiro atoms. The van der Waals surface area contributed by atoms with Crippen molar-refractivity contribution < 1.29 is 15.0 Å². The summed E-state index contributed by atoms with van der Waals surface area (Å²) in [5.74, 6) is 0.573. The predicted molar refractivity (Wildman–Crippen MR) is 60.4 cm³/mol. The number of hydrogen-bond donors (Lipinski definition) is 2. The van der Waals surface area contributed by atoms with Gasteiger partial charge in [0.1, 0.15) is 5.82 Å². The van der Waals surface area contributed by atoms with Gasteiger partial charge in [0.15, 0.2) is 0 Å². The van der Waals surface area contributed by atoms with Crippen molar-refractivity contribution in [1.29, 1.82) is 0 Å². The largest absolute Gasteiger partial charge is 0.465 e. The van der Waals surface area contributed by atoms with Crippen LogP contribution in [0.1, 0.15) is 19.4 Å². The number of nitrogens with zero attached hydrogens (tertiary/aromatic N) is 2. The van der Waals surface area contributed by atoms with Crippen LogP contribution in [0, 0.1) is 5.92 Å². The smallest absolute Gasteiger partial charge is 0.413 e. The number of carbonyl (C=O) groups is 1. The summed E-state index contributed by atoms with van der Waals surface area (Å²) in [5, 5.41) is 18.0. The van der Waals surface area contributed by atoms with Crippen LogP contribution in [-0.4, -0.2) is 27.8 Å². The summed E-state index contributed by atoms with van der Waals surface area (Å²) in [6.45, 7) is 4.14. The molecule has 2 N–H and O–H groups in total. The highest BCUT2D eigenvalue weighted by molar-refractivity contribution is 5.84. The number of amides is 1. The molecule has 1 rings (SSSR count). The topological polar surface area (TPSA) is 73.7 Å². The fourth-order valence-corrected chi connectivity index (χ4v) is 1.34. The molecular formula is C11H16N2O3. The summed E-state index contributed by atoms with van der Waals surface area (Å²) < 4.78 is 0. The Hall–Kier alpha value is -1.62. The van der Waals surface area contributed by atoms with Gasteiger partial charge in [-0.2, -0.15) is 0 Å². The Morgan fingerprint density at radius 1 is 1.56 bits per heavy atom. The second-order valence-electron chi connectivity index (χ2n) is 3.97. The van der Waals surface area contributed by atoms with E-state index in [-0.39, 0.29) is 12.5 Å². The molecule has 0 saturated carbocycles. The lowest BCUT2D eigenvalue weighted by atomic mass is 10.2. The molecule has 0 saturated heterocycles. The van der Waals surface area contributed by atoms with Gasteiger partial charge in [0.2, 0.25) is 0 Å². The van der Waals surface area contributed by atoms with Crippen molar-refractivity contribution in [3.05, 3.63) is 23.9 Å². The highest BCUT2D eigenvalue weighted by atomic mass is 16.4. The van der Waals surface area contributed by atoms with E-state index in [1.165, 1.54) is 11.1 Å². The van der Waals surface area contributed by atoms with Gasteiger partial charge < -0.3 is 10.2 Å². The number of hydrogen-bond acceptors (Lipinski definition) is 3. The van der Waals surface area contributed by atoms with E-state index in [2.05, 4.69) is 4.98 Å². The Morgan fingerprint density at radius 2 is 2.25 bits per heavy atom. The fraction of sp³-hybridized carbons (Fsp3) is 0.455. The summed E-state index contributed by atoms with van der Waals surface area (Å²) in [6.07, 6.45) is 0.466. The molecule has 1 amide bonds. The van der Waals surface area contributed by atoms with Crippen molar-refractivity contribution in [2.24, 2.45) is 5.92 Å². The van der Waals surface area contributed by atoms with Crippen molar-refractivity contribution in [2.45, 2.75) is 20.5 Å². The lowest BCUT2D eigenvalue weighted by molar-refractivity contribution is 0.200. The standard InChI is InChI=1S/C11H16N2O3/c1-8(2)6-13(11(15)16)10-5-9(7-14)3-4-12-10/h3-5,8,14H,6-7H2,1-2H3,(H,15,16). The van der Waals surface area contributed by atoms with Gasteiger partial charge in [-0.15, -0.1) is 0 Å². The van der Waals surface area contributed by atoms with E-state index >= 15 is 0 Å². The number of pyridine rings is 1. The molecule has 5 nitrogen and oxygen atoms in total. The summed E-state index contributed by atoms with van der Waals surface area (Å²) in [6, 6.07) is 3.23. The van der Waals surface area contributed by atoms with Crippen LogP contribution < -0.4 is 4.90 Å². The maximum atomic E-state index is 11.1. The molecule has 0 bridgehead atoms. The van der Waals surface area contributed by atoms with Gasteiger partial charge in [-0.3, -0.25) is 4.90 Å². The van der Waals surface area contributed by atoms with E-state index in [4.69, 9.17) is 10.2 Å². The van der Waals surface area contributed by atoms with Crippen molar-refractivity contribution in [3.63, 3.8) is 0 Å². The SMILES string of the molecule is CC(C)CN(C(=O)O)c1cc(CO)ccn1. The third-order valence-corrected chi connectivity index (χ3v) is 2.05. The molecule has 0 aliphatic rings. The molecule has 1 aromatic rings. The van der Waals surface area contributed by atoms with Gasteiger partial charge >= 0.3 is 6.09 Å². The lowest BCUT2D eigenvalue weighted by Gasteiger charge is -2.20. The number of carboxylic acid groups (broad SMARTS) is 1. The molecule has 5 heteroatoms. The van der Waals surface area contributed by atoms with Crippen LogP contribution in [0.25, 0.3) is 0 Å². The van der Waals surface area contributed by atoms with Crippen molar-refractivity contribution in [2.75, 3.05) is 11.4 Å². The van der Waals surface area contributed by atoms with Crippen LogP contribution in [0.15, 0.2) is 18.3 Å². The van der Waals surface area contributed by atoms with Crippen LogP contribution in [0.3, 0.4) is 0 Å². The lowest BCUT2D eigenvalue weighted by Crippen LogP contribution is -2.33. The van der Waals surface area contributed by atoms with E-state index in [9.17, 15) is 4.79 Å². The molecule has 0 radical (unpaired) electrons. The molecular weight excluding hydrogens is 208 g/mol. The summed E-state index contributed by atoms with van der Waals surface area (Å²) in [5.41, 5.74) is 0.653. The van der Waals surface area contributed by atoms with Gasteiger partial charge in [0.25, 0.3) is 0 Å². The Labute approximate surface area is 94.4 Å². The first-order valence-electron chi connectivity index (χ1n) is 5.11. The van der Waals surface area contributed by atoms with Gasteiger partial charge in [-0.05, 0) is 23.6 Å². The molecule has 0 unspecified atom stereocenters. The van der Waals surface area contributed by atoms with Crippen LogP contribution >= 0.6 is 0 Å². The maximum Gasteiger partial charge on any atom is 0.413 e. The Balaban J connectivity index is 2.96. The van der Waals surface area contributed by atoms with Crippen LogP contribution in [-0.2, 0) is 6.61 Å². The Morgan fingerprint density at radius 3 is 2.75 bits per heavy atom. The quantitative estimate of drug-likeness (QED) is 0.816. The molecule has 1 heterocycles. The third kappa shape index (κ3) is 3.20. The molecule has 0 aliphatic heterocycles. The first kappa shape index (κ1) is 12.4. The first-order chi connectivity index (χ1) is 7.54. The third-order valence-electron chi connectivity index (χ3n) is 2.05. The first-order valence-corrected chi connectivity index (χ1v) is 5.11. The Bertz CT molecular complexity index is 366. The zero-order chi connectivity index (χ0) is 12.1. The summed E-state index contributed by atoms with van der Waals surface area (Å²) in [7, 11) is 0. The molecule has 0 atom stereocenters. The predicted octanol–water partition coefficient (Wildman–Crippen LogP) is 1.71. The number of rotatable bonds is 4. The van der Waals surface area contributed by atoms with E-state index in [0.717, 1.165) is 0 Å². The normalized spacial score (nSPS) is 10.5. The average Bonchev–Trinajstić information content (AvgIpc) is 2.25. The highest BCUT2D eigenvalue weighted by Crippen LogP contribution is 2.14. The monoisotopic (exact) mass is 224 g/mol. The van der Waals surface area contributed by atoms with E-state index in [0.29, 0.717) is 17.9 Å². The Kier molecular flexibility index (Phi) is 4.25. The van der Waals surface area contributed by atoms with Gasteiger partial charge in [-0.1, -0.05) is 13.8 Å². The minimum absolute atomic E-state index is 0.120. The summed E-state index contributed by atoms with van der Waals surface area (Å²) >= 11 is 0. The molecule has 88 valence electrons. The average molecular weight is 224 g/mol. The molecule has 0 fully saturated rings. The number of aliphatic hydroxyl groups excluding tert-OH is 1. The molecule has 0 aliphatic carbocycles.